The molecule has 0 atom stereocenters. The van der Waals surface area contributed by atoms with E-state index in [1.165, 1.54) is 24.3 Å². The fourth-order valence-corrected chi connectivity index (χ4v) is 3.81. The van der Waals surface area contributed by atoms with Crippen molar-refractivity contribution in [3.8, 4) is 0 Å². The van der Waals surface area contributed by atoms with E-state index in [1.807, 2.05) is 0 Å². The lowest BCUT2D eigenvalue weighted by Gasteiger charge is -2.08. The Morgan fingerprint density at radius 1 is 1.10 bits per heavy atom. The Morgan fingerprint density at radius 3 is 2.40 bits per heavy atom. The van der Waals surface area contributed by atoms with Gasteiger partial charge in [0, 0.05) is 6.54 Å². The minimum Gasteiger partial charge on any atom is -0.326 e. The normalized spacial score (nSPS) is 11.6. The Hall–Kier alpha value is -1.43. The first kappa shape index (κ1) is 15.0. The van der Waals surface area contributed by atoms with Crippen LogP contribution < -0.4 is 5.73 Å². The van der Waals surface area contributed by atoms with Gasteiger partial charge < -0.3 is 5.73 Å². The predicted molar refractivity (Wildman–Crippen MR) is 76.6 cm³/mol. The SMILES string of the molecule is NCc1cc(F)cc(CS(=O)(=O)c2ccccc2Cl)c1. The van der Waals surface area contributed by atoms with Gasteiger partial charge in [-0.2, -0.15) is 0 Å². The molecule has 106 valence electrons. The zero-order valence-corrected chi connectivity index (χ0v) is 12.1. The fraction of sp³-hybridized carbons (Fsp3) is 0.143. The lowest BCUT2D eigenvalue weighted by Crippen LogP contribution is -2.07. The molecule has 2 N–H and O–H groups in total. The molecule has 0 fully saturated rings. The third-order valence-electron chi connectivity index (χ3n) is 2.78. The maximum atomic E-state index is 13.4. The van der Waals surface area contributed by atoms with Gasteiger partial charge >= 0.3 is 0 Å². The molecule has 2 rings (SSSR count). The van der Waals surface area contributed by atoms with Crippen molar-refractivity contribution in [2.75, 3.05) is 0 Å². The Balaban J connectivity index is 2.38. The van der Waals surface area contributed by atoms with Gasteiger partial charge in [0.15, 0.2) is 9.84 Å². The van der Waals surface area contributed by atoms with Crippen LogP contribution in [0, 0.1) is 5.82 Å². The topological polar surface area (TPSA) is 60.2 Å². The van der Waals surface area contributed by atoms with E-state index in [2.05, 4.69) is 0 Å². The van der Waals surface area contributed by atoms with E-state index in [4.69, 9.17) is 17.3 Å². The van der Waals surface area contributed by atoms with E-state index < -0.39 is 15.7 Å². The summed E-state index contributed by atoms with van der Waals surface area (Å²) in [6, 6.07) is 10.2. The standard InChI is InChI=1S/C14H13ClFNO2S/c15-13-3-1-2-4-14(13)20(18,19)9-11-5-10(8-17)6-12(16)7-11/h1-7H,8-9,17H2. The Labute approximate surface area is 122 Å². The monoisotopic (exact) mass is 313 g/mol. The first-order chi connectivity index (χ1) is 9.42. The predicted octanol–water partition coefficient (Wildman–Crippen LogP) is 2.91. The van der Waals surface area contributed by atoms with Crippen LogP contribution in [0.15, 0.2) is 47.4 Å². The summed E-state index contributed by atoms with van der Waals surface area (Å²) in [5, 5.41) is 0.156. The number of nitrogens with two attached hydrogens (primary N) is 1. The summed E-state index contributed by atoms with van der Waals surface area (Å²) >= 11 is 5.89. The number of benzene rings is 2. The van der Waals surface area contributed by atoms with Crippen LogP contribution in [-0.4, -0.2) is 8.42 Å². The van der Waals surface area contributed by atoms with Crippen LogP contribution in [0.2, 0.25) is 5.02 Å². The summed E-state index contributed by atoms with van der Waals surface area (Å²) in [6.07, 6.45) is 0. The molecular weight excluding hydrogens is 301 g/mol. The molecule has 0 spiro atoms. The van der Waals surface area contributed by atoms with Gasteiger partial charge in [-0.1, -0.05) is 29.8 Å². The summed E-state index contributed by atoms with van der Waals surface area (Å²) in [5.41, 5.74) is 6.35. The number of hydrogen-bond donors (Lipinski definition) is 1. The molecular formula is C14H13ClFNO2S. The summed E-state index contributed by atoms with van der Waals surface area (Å²) < 4.78 is 38.0. The zero-order valence-electron chi connectivity index (χ0n) is 10.5. The molecule has 20 heavy (non-hydrogen) atoms. The van der Waals surface area contributed by atoms with Crippen molar-refractivity contribution in [3.63, 3.8) is 0 Å². The molecule has 0 heterocycles. The number of sulfone groups is 1. The smallest absolute Gasteiger partial charge is 0.183 e. The third kappa shape index (κ3) is 3.36. The van der Waals surface area contributed by atoms with E-state index in [-0.39, 0.29) is 22.2 Å². The lowest BCUT2D eigenvalue weighted by atomic mass is 10.1. The molecule has 0 aliphatic rings. The van der Waals surface area contributed by atoms with Crippen molar-refractivity contribution in [2.24, 2.45) is 5.73 Å². The highest BCUT2D eigenvalue weighted by Gasteiger charge is 2.19. The van der Waals surface area contributed by atoms with Gasteiger partial charge in [-0.15, -0.1) is 0 Å². The molecule has 2 aromatic rings. The fourth-order valence-electron chi connectivity index (χ4n) is 1.91. The van der Waals surface area contributed by atoms with Crippen LogP contribution in [0.3, 0.4) is 0 Å². The molecule has 6 heteroatoms. The lowest BCUT2D eigenvalue weighted by molar-refractivity contribution is 0.594. The van der Waals surface area contributed by atoms with Crippen LogP contribution in [0.5, 0.6) is 0 Å². The number of hydrogen-bond acceptors (Lipinski definition) is 3. The molecule has 2 aromatic carbocycles. The van der Waals surface area contributed by atoms with Crippen LogP contribution in [0.4, 0.5) is 4.39 Å². The molecule has 0 unspecified atom stereocenters. The Kier molecular flexibility index (Phi) is 4.42. The molecule has 3 nitrogen and oxygen atoms in total. The second kappa shape index (κ2) is 5.91. The maximum Gasteiger partial charge on any atom is 0.183 e. The van der Waals surface area contributed by atoms with Crippen molar-refractivity contribution in [1.82, 2.24) is 0 Å². The van der Waals surface area contributed by atoms with Crippen LogP contribution in [0.1, 0.15) is 11.1 Å². The van der Waals surface area contributed by atoms with Gasteiger partial charge in [0.2, 0.25) is 0 Å². The molecule has 0 aromatic heterocycles. The van der Waals surface area contributed by atoms with E-state index in [9.17, 15) is 12.8 Å². The van der Waals surface area contributed by atoms with Crippen LogP contribution in [-0.2, 0) is 22.1 Å². The van der Waals surface area contributed by atoms with Crippen molar-refractivity contribution >= 4 is 21.4 Å². The molecule has 0 amide bonds. The van der Waals surface area contributed by atoms with Gasteiger partial charge in [-0.3, -0.25) is 0 Å². The molecule has 0 aliphatic carbocycles. The summed E-state index contributed by atoms with van der Waals surface area (Å²) in [4.78, 5) is 0.0419. The average molecular weight is 314 g/mol. The Morgan fingerprint density at radius 2 is 1.75 bits per heavy atom. The molecule has 0 saturated heterocycles. The first-order valence-corrected chi connectivity index (χ1v) is 7.91. The number of rotatable bonds is 4. The second-order valence-electron chi connectivity index (χ2n) is 4.36. The average Bonchev–Trinajstić information content (AvgIpc) is 2.37. The Bertz CT molecular complexity index is 732. The van der Waals surface area contributed by atoms with E-state index >= 15 is 0 Å². The minimum absolute atomic E-state index is 0.0419. The van der Waals surface area contributed by atoms with Gasteiger partial charge in [0.1, 0.15) is 5.82 Å². The van der Waals surface area contributed by atoms with Crippen LogP contribution in [0.25, 0.3) is 0 Å². The van der Waals surface area contributed by atoms with Crippen molar-refractivity contribution in [2.45, 2.75) is 17.2 Å². The van der Waals surface area contributed by atoms with Crippen LogP contribution >= 0.6 is 11.6 Å². The summed E-state index contributed by atoms with van der Waals surface area (Å²) in [6.45, 7) is 0.150. The maximum absolute atomic E-state index is 13.4. The molecule has 0 saturated carbocycles. The first-order valence-electron chi connectivity index (χ1n) is 5.88. The van der Waals surface area contributed by atoms with Gasteiger partial charge in [0.25, 0.3) is 0 Å². The summed E-state index contributed by atoms with van der Waals surface area (Å²) in [5.74, 6) is -0.820. The van der Waals surface area contributed by atoms with Gasteiger partial charge in [-0.05, 0) is 35.4 Å². The highest BCUT2D eigenvalue weighted by atomic mass is 35.5. The number of halogens is 2. The molecule has 0 radical (unpaired) electrons. The van der Waals surface area contributed by atoms with Crippen molar-refractivity contribution < 1.29 is 12.8 Å². The second-order valence-corrected chi connectivity index (χ2v) is 6.73. The van der Waals surface area contributed by atoms with Crippen molar-refractivity contribution in [1.29, 1.82) is 0 Å². The largest absolute Gasteiger partial charge is 0.326 e. The van der Waals surface area contributed by atoms with Crippen molar-refractivity contribution in [3.05, 3.63) is 64.4 Å². The van der Waals surface area contributed by atoms with E-state index in [0.717, 1.165) is 0 Å². The quantitative estimate of drug-likeness (QED) is 0.944. The molecule has 0 aliphatic heterocycles. The summed E-state index contributed by atoms with van der Waals surface area (Å²) in [7, 11) is -3.63. The molecule has 0 bridgehead atoms. The van der Waals surface area contributed by atoms with Gasteiger partial charge in [0.05, 0.1) is 15.7 Å². The zero-order chi connectivity index (χ0) is 14.8. The minimum atomic E-state index is -3.63. The van der Waals surface area contributed by atoms with Gasteiger partial charge in [-0.25, -0.2) is 12.8 Å². The van der Waals surface area contributed by atoms with E-state index in [1.54, 1.807) is 18.2 Å². The highest BCUT2D eigenvalue weighted by Crippen LogP contribution is 2.24. The van der Waals surface area contributed by atoms with E-state index in [0.29, 0.717) is 11.1 Å². The third-order valence-corrected chi connectivity index (χ3v) is 4.96. The highest BCUT2D eigenvalue weighted by molar-refractivity contribution is 7.90.